The fraction of sp³-hybridized carbons (Fsp3) is 0.238. The highest BCUT2D eigenvalue weighted by atomic mass is 32.2. The number of fused-ring (bicyclic) bond motifs is 1. The van der Waals surface area contributed by atoms with Crippen LogP contribution in [0.25, 0.3) is 11.0 Å². The van der Waals surface area contributed by atoms with Crippen LogP contribution < -0.4 is 4.72 Å². The molecular weight excluding hydrogens is 392 g/mol. The Labute approximate surface area is 168 Å². The van der Waals surface area contributed by atoms with Crippen molar-refractivity contribution in [2.24, 2.45) is 0 Å². The maximum atomic E-state index is 12.9. The quantitative estimate of drug-likeness (QED) is 0.616. The minimum atomic E-state index is -3.85. The van der Waals surface area contributed by atoms with E-state index in [1.165, 1.54) is 18.2 Å². The molecule has 0 saturated heterocycles. The van der Waals surface area contributed by atoms with Crippen molar-refractivity contribution in [1.29, 1.82) is 5.26 Å². The summed E-state index contributed by atoms with van der Waals surface area (Å²) in [6, 6.07) is 12.7. The number of aryl methyl sites for hydroxylation is 1. The van der Waals surface area contributed by atoms with Gasteiger partial charge in [0.15, 0.2) is 0 Å². The number of rotatable bonds is 6. The molecule has 0 radical (unpaired) electrons. The van der Waals surface area contributed by atoms with Gasteiger partial charge in [-0.3, -0.25) is 0 Å². The van der Waals surface area contributed by atoms with Crippen LogP contribution in [0.5, 0.6) is 0 Å². The van der Waals surface area contributed by atoms with Crippen LogP contribution in [0.15, 0.2) is 51.8 Å². The lowest BCUT2D eigenvalue weighted by molar-refractivity contribution is 0.0491. The summed E-state index contributed by atoms with van der Waals surface area (Å²) in [5.41, 5.74) is 2.05. The predicted octanol–water partition coefficient (Wildman–Crippen LogP) is 3.83. The molecule has 1 aromatic heterocycles. The summed E-state index contributed by atoms with van der Waals surface area (Å²) in [7, 11) is -3.85. The van der Waals surface area contributed by atoms with Crippen molar-refractivity contribution in [3.05, 3.63) is 64.9 Å². The fourth-order valence-corrected chi connectivity index (χ4v) is 4.26. The lowest BCUT2D eigenvalue weighted by atomic mass is 10.1. The molecule has 1 N–H and O–H groups in total. The van der Waals surface area contributed by atoms with Crippen LogP contribution in [-0.4, -0.2) is 21.0 Å². The van der Waals surface area contributed by atoms with Gasteiger partial charge in [-0.05, 0) is 56.7 Å². The van der Waals surface area contributed by atoms with Crippen LogP contribution in [0.2, 0.25) is 0 Å². The molecule has 150 valence electrons. The number of nitrogens with one attached hydrogen (secondary N) is 1. The maximum Gasteiger partial charge on any atom is 0.374 e. The van der Waals surface area contributed by atoms with Crippen LogP contribution in [0.1, 0.15) is 47.1 Å². The van der Waals surface area contributed by atoms with Crippen LogP contribution in [-0.2, 0) is 14.8 Å². The highest BCUT2D eigenvalue weighted by Gasteiger charge is 2.23. The van der Waals surface area contributed by atoms with E-state index in [9.17, 15) is 13.2 Å². The molecule has 1 unspecified atom stereocenters. The first-order chi connectivity index (χ1) is 13.8. The van der Waals surface area contributed by atoms with E-state index in [4.69, 9.17) is 14.4 Å². The van der Waals surface area contributed by atoms with Crippen molar-refractivity contribution in [2.75, 3.05) is 6.61 Å². The molecule has 0 saturated carbocycles. The fourth-order valence-electron chi connectivity index (χ4n) is 3.00. The Bertz CT molecular complexity index is 1220. The third-order valence-electron chi connectivity index (χ3n) is 4.53. The normalized spacial score (nSPS) is 12.5. The van der Waals surface area contributed by atoms with Gasteiger partial charge in [-0.2, -0.15) is 5.26 Å². The Kier molecular flexibility index (Phi) is 5.73. The molecule has 2 aromatic carbocycles. The summed E-state index contributed by atoms with van der Waals surface area (Å²) >= 11 is 0. The van der Waals surface area contributed by atoms with Crippen molar-refractivity contribution in [3.8, 4) is 6.07 Å². The number of carbonyl (C=O) groups excluding carboxylic acids is 1. The number of nitrogens with zero attached hydrogens (tertiary/aromatic N) is 1. The van der Waals surface area contributed by atoms with Crippen molar-refractivity contribution in [2.45, 2.75) is 31.7 Å². The smallest absolute Gasteiger partial charge is 0.374 e. The summed E-state index contributed by atoms with van der Waals surface area (Å²) in [5, 5.41) is 9.55. The Morgan fingerprint density at radius 3 is 2.72 bits per heavy atom. The third kappa shape index (κ3) is 4.16. The standard InChI is InChI=1S/C21H20N2O5S/c1-4-27-21(24)20-13(2)18-11-17(8-9-19(18)28-20)29(25,26)23-14(3)16-7-5-6-15(10-16)12-22/h5-11,14,23H,4H2,1-3H3. The molecule has 3 aromatic rings. The second-order valence-corrected chi connectivity index (χ2v) is 8.23. The molecule has 29 heavy (non-hydrogen) atoms. The van der Waals surface area contributed by atoms with Gasteiger partial charge in [0, 0.05) is 17.0 Å². The summed E-state index contributed by atoms with van der Waals surface area (Å²) < 4.78 is 38.9. The zero-order chi connectivity index (χ0) is 21.2. The number of sulfonamides is 1. The lowest BCUT2D eigenvalue weighted by Gasteiger charge is -2.15. The largest absolute Gasteiger partial charge is 0.460 e. The molecule has 1 heterocycles. The summed E-state index contributed by atoms with van der Waals surface area (Å²) in [5.74, 6) is -0.527. The van der Waals surface area contributed by atoms with E-state index in [0.29, 0.717) is 27.7 Å². The van der Waals surface area contributed by atoms with Gasteiger partial charge in [0.1, 0.15) is 5.58 Å². The lowest BCUT2D eigenvalue weighted by Crippen LogP contribution is -2.26. The van der Waals surface area contributed by atoms with E-state index in [-0.39, 0.29) is 17.3 Å². The second-order valence-electron chi connectivity index (χ2n) is 6.51. The van der Waals surface area contributed by atoms with E-state index < -0.39 is 22.0 Å². The first-order valence-corrected chi connectivity index (χ1v) is 10.5. The average Bonchev–Trinajstić information content (AvgIpc) is 3.04. The molecule has 0 aliphatic carbocycles. The zero-order valence-electron chi connectivity index (χ0n) is 16.2. The molecule has 0 bridgehead atoms. The Hall–Kier alpha value is -3.15. The van der Waals surface area contributed by atoms with Crippen LogP contribution in [0, 0.1) is 18.3 Å². The van der Waals surface area contributed by atoms with Gasteiger partial charge in [0.25, 0.3) is 0 Å². The molecular formula is C21H20N2O5S. The van der Waals surface area contributed by atoms with E-state index in [1.54, 1.807) is 45.0 Å². The van der Waals surface area contributed by atoms with E-state index in [1.807, 2.05) is 6.07 Å². The van der Waals surface area contributed by atoms with Gasteiger partial charge < -0.3 is 9.15 Å². The highest BCUT2D eigenvalue weighted by molar-refractivity contribution is 7.89. The van der Waals surface area contributed by atoms with Crippen LogP contribution >= 0.6 is 0 Å². The second kappa shape index (κ2) is 8.07. The third-order valence-corrected chi connectivity index (χ3v) is 6.06. The Morgan fingerprint density at radius 2 is 2.03 bits per heavy atom. The van der Waals surface area contributed by atoms with E-state index >= 15 is 0 Å². The molecule has 0 spiro atoms. The minimum Gasteiger partial charge on any atom is -0.460 e. The SMILES string of the molecule is CCOC(=O)c1oc2ccc(S(=O)(=O)NC(C)c3cccc(C#N)c3)cc2c1C. The summed E-state index contributed by atoms with van der Waals surface area (Å²) in [6.45, 7) is 5.29. The molecule has 0 amide bonds. The monoisotopic (exact) mass is 412 g/mol. The first kappa shape index (κ1) is 20.6. The summed E-state index contributed by atoms with van der Waals surface area (Å²) in [6.07, 6.45) is 0. The van der Waals surface area contributed by atoms with Crippen molar-refractivity contribution >= 4 is 27.0 Å². The number of furan rings is 1. The van der Waals surface area contributed by atoms with E-state index in [2.05, 4.69) is 4.72 Å². The Balaban J connectivity index is 1.93. The number of nitriles is 1. The molecule has 0 aliphatic heterocycles. The molecule has 0 fully saturated rings. The predicted molar refractivity (Wildman–Crippen MR) is 107 cm³/mol. The van der Waals surface area contributed by atoms with Gasteiger partial charge in [-0.25, -0.2) is 17.9 Å². The number of benzene rings is 2. The maximum absolute atomic E-state index is 12.9. The molecule has 0 aliphatic rings. The molecule has 7 nitrogen and oxygen atoms in total. The van der Waals surface area contributed by atoms with Gasteiger partial charge in [-0.1, -0.05) is 12.1 Å². The highest BCUT2D eigenvalue weighted by Crippen LogP contribution is 2.29. The molecule has 3 rings (SSSR count). The average molecular weight is 412 g/mol. The van der Waals surface area contributed by atoms with Crippen molar-refractivity contribution < 1.29 is 22.4 Å². The zero-order valence-corrected chi connectivity index (χ0v) is 17.0. The number of esters is 1. The number of ether oxygens (including phenoxy) is 1. The first-order valence-electron chi connectivity index (χ1n) is 8.99. The van der Waals surface area contributed by atoms with Gasteiger partial charge in [0.05, 0.1) is 23.1 Å². The van der Waals surface area contributed by atoms with Gasteiger partial charge >= 0.3 is 5.97 Å². The summed E-state index contributed by atoms with van der Waals surface area (Å²) in [4.78, 5) is 12.1. The van der Waals surface area contributed by atoms with Crippen LogP contribution in [0.4, 0.5) is 0 Å². The van der Waals surface area contributed by atoms with E-state index in [0.717, 1.165) is 0 Å². The minimum absolute atomic E-state index is 0.0487. The van der Waals surface area contributed by atoms with Crippen molar-refractivity contribution in [1.82, 2.24) is 4.72 Å². The van der Waals surface area contributed by atoms with Crippen LogP contribution in [0.3, 0.4) is 0 Å². The number of hydrogen-bond donors (Lipinski definition) is 1. The topological polar surface area (TPSA) is 109 Å². The number of hydrogen-bond acceptors (Lipinski definition) is 6. The van der Waals surface area contributed by atoms with Gasteiger partial charge in [0.2, 0.25) is 15.8 Å². The van der Waals surface area contributed by atoms with Gasteiger partial charge in [-0.15, -0.1) is 0 Å². The Morgan fingerprint density at radius 1 is 1.28 bits per heavy atom. The number of carbonyl (C=O) groups is 1. The molecule has 1 atom stereocenters. The molecule has 8 heteroatoms. The van der Waals surface area contributed by atoms with Crippen molar-refractivity contribution in [3.63, 3.8) is 0 Å².